The number of hydrogen-bond acceptors (Lipinski definition) is 5. The van der Waals surface area contributed by atoms with E-state index in [0.717, 1.165) is 23.4 Å². The highest BCUT2D eigenvalue weighted by Gasteiger charge is 2.29. The van der Waals surface area contributed by atoms with Gasteiger partial charge in [0.25, 0.3) is 0 Å². The second-order valence-corrected chi connectivity index (χ2v) is 8.50. The maximum atomic E-state index is 12.7. The Hall–Kier alpha value is -2.09. The maximum Gasteiger partial charge on any atom is 0.340 e. The fraction of sp³-hybridized carbons (Fsp3) is 0.556. The van der Waals surface area contributed by atoms with E-state index in [4.69, 9.17) is 4.74 Å². The lowest BCUT2D eigenvalue weighted by molar-refractivity contribution is -0.131. The average Bonchev–Trinajstić information content (AvgIpc) is 2.58. The van der Waals surface area contributed by atoms with E-state index in [1.54, 1.807) is 24.0 Å². The Labute approximate surface area is 155 Å². The number of sulfonamides is 1. The minimum absolute atomic E-state index is 0.125. The van der Waals surface area contributed by atoms with Gasteiger partial charge < -0.3 is 9.64 Å². The highest BCUT2D eigenvalue weighted by molar-refractivity contribution is 7.92. The molecule has 0 aromatic heterocycles. The molecule has 0 radical (unpaired) electrons. The number of carbonyl (C=O) groups excluding carboxylic acids is 2. The molecule has 1 aromatic rings. The summed E-state index contributed by atoms with van der Waals surface area (Å²) in [7, 11) is -3.76. The van der Waals surface area contributed by atoms with Gasteiger partial charge in [0.2, 0.25) is 15.9 Å². The normalized spacial score (nSPS) is 17.7. The summed E-state index contributed by atoms with van der Waals surface area (Å²) in [6.07, 6.45) is 3.00. The lowest BCUT2D eigenvalue weighted by Gasteiger charge is -2.33. The lowest BCUT2D eigenvalue weighted by atomic mass is 10.0. The number of esters is 1. The van der Waals surface area contributed by atoms with Gasteiger partial charge in [0, 0.05) is 13.1 Å². The third-order valence-electron chi connectivity index (χ3n) is 4.36. The van der Waals surface area contributed by atoms with E-state index < -0.39 is 16.0 Å². The van der Waals surface area contributed by atoms with Crippen molar-refractivity contribution in [2.75, 3.05) is 36.8 Å². The number of ether oxygens (including phenoxy) is 1. The molecule has 1 fully saturated rings. The van der Waals surface area contributed by atoms with Gasteiger partial charge in [-0.1, -0.05) is 19.1 Å². The van der Waals surface area contributed by atoms with Crippen molar-refractivity contribution in [1.82, 2.24) is 4.90 Å². The average molecular weight is 382 g/mol. The molecular formula is C18H26N2O5S. The molecule has 0 bridgehead atoms. The van der Waals surface area contributed by atoms with Crippen LogP contribution in [0.1, 0.15) is 37.0 Å². The van der Waals surface area contributed by atoms with Crippen molar-refractivity contribution in [3.63, 3.8) is 0 Å². The maximum absolute atomic E-state index is 12.7. The highest BCUT2D eigenvalue weighted by atomic mass is 32.2. The van der Waals surface area contributed by atoms with Crippen molar-refractivity contribution in [2.24, 2.45) is 5.92 Å². The number of carbonyl (C=O) groups is 2. The van der Waals surface area contributed by atoms with E-state index in [9.17, 15) is 18.0 Å². The largest absolute Gasteiger partial charge is 0.462 e. The van der Waals surface area contributed by atoms with Gasteiger partial charge in [-0.2, -0.15) is 0 Å². The van der Waals surface area contributed by atoms with E-state index >= 15 is 0 Å². The van der Waals surface area contributed by atoms with E-state index in [1.807, 2.05) is 0 Å². The summed E-state index contributed by atoms with van der Waals surface area (Å²) in [5.74, 6) is -0.484. The second-order valence-electron chi connectivity index (χ2n) is 6.59. The van der Waals surface area contributed by atoms with E-state index in [1.165, 1.54) is 12.1 Å². The van der Waals surface area contributed by atoms with Gasteiger partial charge in [-0.3, -0.25) is 9.10 Å². The van der Waals surface area contributed by atoms with Crippen LogP contribution in [-0.2, 0) is 19.6 Å². The number of amides is 1. The predicted octanol–water partition coefficient (Wildman–Crippen LogP) is 1.89. The third-order valence-corrected chi connectivity index (χ3v) is 5.48. The van der Waals surface area contributed by atoms with Gasteiger partial charge >= 0.3 is 5.97 Å². The topological polar surface area (TPSA) is 84.0 Å². The van der Waals surface area contributed by atoms with Crippen molar-refractivity contribution < 1.29 is 22.7 Å². The number of nitrogens with zero attached hydrogens (tertiary/aromatic N) is 2. The Morgan fingerprint density at radius 2 is 2.00 bits per heavy atom. The molecule has 26 heavy (non-hydrogen) atoms. The molecule has 1 saturated heterocycles. The molecular weight excluding hydrogens is 356 g/mol. The minimum atomic E-state index is -3.76. The molecule has 1 amide bonds. The molecule has 1 unspecified atom stereocenters. The van der Waals surface area contributed by atoms with Crippen LogP contribution in [0.3, 0.4) is 0 Å². The molecule has 0 spiro atoms. The van der Waals surface area contributed by atoms with Gasteiger partial charge in [-0.25, -0.2) is 13.2 Å². The number of para-hydroxylation sites is 1. The fourth-order valence-corrected chi connectivity index (χ4v) is 3.95. The molecule has 144 valence electrons. The molecule has 1 aliphatic heterocycles. The number of rotatable bonds is 6. The quantitative estimate of drug-likeness (QED) is 0.702. The van der Waals surface area contributed by atoms with Crippen molar-refractivity contribution in [1.29, 1.82) is 0 Å². The standard InChI is InChI=1S/C18H26N2O5S/c1-4-25-18(22)15-9-5-6-10-16(15)20(26(3,23)24)13-17(21)19-11-7-8-14(2)12-19/h5-6,9-10,14H,4,7-8,11-13H2,1-3H3. The lowest BCUT2D eigenvalue weighted by Crippen LogP contribution is -2.46. The molecule has 8 heteroatoms. The van der Waals surface area contributed by atoms with Crippen LogP contribution >= 0.6 is 0 Å². The summed E-state index contributed by atoms with van der Waals surface area (Å²) in [6.45, 7) is 4.84. The van der Waals surface area contributed by atoms with Crippen LogP contribution in [0.25, 0.3) is 0 Å². The Kier molecular flexibility index (Phi) is 6.63. The van der Waals surface area contributed by atoms with Gasteiger partial charge in [0.1, 0.15) is 6.54 Å². The number of hydrogen-bond donors (Lipinski definition) is 0. The molecule has 0 saturated carbocycles. The van der Waals surface area contributed by atoms with Crippen molar-refractivity contribution in [2.45, 2.75) is 26.7 Å². The molecule has 0 N–H and O–H groups in total. The van der Waals surface area contributed by atoms with Crippen molar-refractivity contribution >= 4 is 27.6 Å². The summed E-state index contributed by atoms with van der Waals surface area (Å²) >= 11 is 0. The number of likely N-dealkylation sites (tertiary alicyclic amines) is 1. The fourth-order valence-electron chi connectivity index (χ4n) is 3.09. The second kappa shape index (κ2) is 8.53. The van der Waals surface area contributed by atoms with Crippen LogP contribution < -0.4 is 4.31 Å². The summed E-state index contributed by atoms with van der Waals surface area (Å²) in [5.41, 5.74) is 0.284. The van der Waals surface area contributed by atoms with Crippen molar-refractivity contribution in [3.8, 4) is 0 Å². The zero-order valence-corrected chi connectivity index (χ0v) is 16.3. The number of piperidine rings is 1. The highest BCUT2D eigenvalue weighted by Crippen LogP contribution is 2.24. The van der Waals surface area contributed by atoms with E-state index in [-0.39, 0.29) is 30.3 Å². The van der Waals surface area contributed by atoms with Gasteiger partial charge in [0.05, 0.1) is 24.1 Å². The molecule has 1 heterocycles. The van der Waals surface area contributed by atoms with Gasteiger partial charge in [0.15, 0.2) is 0 Å². The summed E-state index contributed by atoms with van der Waals surface area (Å²) < 4.78 is 30.7. The molecule has 1 aromatic carbocycles. The summed E-state index contributed by atoms with van der Waals surface area (Å²) in [5, 5.41) is 0. The van der Waals surface area contributed by atoms with Crippen LogP contribution in [0.15, 0.2) is 24.3 Å². The first-order valence-electron chi connectivity index (χ1n) is 8.75. The van der Waals surface area contributed by atoms with Crippen LogP contribution in [0, 0.1) is 5.92 Å². The summed E-state index contributed by atoms with van der Waals surface area (Å²) in [4.78, 5) is 26.6. The molecule has 1 atom stereocenters. The predicted molar refractivity (Wildman–Crippen MR) is 99.6 cm³/mol. The van der Waals surface area contributed by atoms with Crippen LogP contribution in [0.5, 0.6) is 0 Å². The van der Waals surface area contributed by atoms with Gasteiger partial charge in [-0.15, -0.1) is 0 Å². The number of anilines is 1. The Bertz CT molecular complexity index is 763. The Morgan fingerprint density at radius 3 is 2.62 bits per heavy atom. The smallest absolute Gasteiger partial charge is 0.340 e. The monoisotopic (exact) mass is 382 g/mol. The molecule has 7 nitrogen and oxygen atoms in total. The zero-order valence-electron chi connectivity index (χ0n) is 15.5. The first-order valence-corrected chi connectivity index (χ1v) is 10.6. The van der Waals surface area contributed by atoms with Crippen LogP contribution in [-0.4, -0.2) is 57.7 Å². The van der Waals surface area contributed by atoms with Crippen molar-refractivity contribution in [3.05, 3.63) is 29.8 Å². The minimum Gasteiger partial charge on any atom is -0.462 e. The SMILES string of the molecule is CCOC(=O)c1ccccc1N(CC(=O)N1CCCC(C)C1)S(C)(=O)=O. The molecule has 1 aliphatic rings. The van der Waals surface area contributed by atoms with Crippen LogP contribution in [0.4, 0.5) is 5.69 Å². The number of benzene rings is 1. The first kappa shape index (κ1) is 20.2. The summed E-state index contributed by atoms with van der Waals surface area (Å²) in [6, 6.07) is 6.27. The Balaban J connectivity index is 2.32. The first-order chi connectivity index (χ1) is 12.2. The Morgan fingerprint density at radius 1 is 1.31 bits per heavy atom. The zero-order chi connectivity index (χ0) is 19.3. The van der Waals surface area contributed by atoms with Crippen LogP contribution in [0.2, 0.25) is 0 Å². The van der Waals surface area contributed by atoms with Gasteiger partial charge in [-0.05, 0) is 37.8 Å². The third kappa shape index (κ3) is 4.97. The van der Waals surface area contributed by atoms with E-state index in [2.05, 4.69) is 6.92 Å². The van der Waals surface area contributed by atoms with E-state index in [0.29, 0.717) is 19.0 Å². The molecule has 0 aliphatic carbocycles. The molecule has 2 rings (SSSR count).